The van der Waals surface area contributed by atoms with Crippen molar-refractivity contribution in [1.82, 2.24) is 0 Å². The Balaban J connectivity index is 1.02. The van der Waals surface area contributed by atoms with E-state index in [0.29, 0.717) is 0 Å². The molecule has 0 unspecified atom stereocenters. The molecule has 270 valence electrons. The van der Waals surface area contributed by atoms with Gasteiger partial charge in [-0.3, -0.25) is 0 Å². The van der Waals surface area contributed by atoms with Gasteiger partial charge >= 0.3 is 0 Å². The van der Waals surface area contributed by atoms with E-state index in [1.807, 2.05) is 22.7 Å². The number of hydrogen-bond acceptors (Lipinski definition) is 2. The van der Waals surface area contributed by atoms with Gasteiger partial charge in [-0.15, -0.1) is 22.7 Å². The zero-order chi connectivity index (χ0) is 37.6. The van der Waals surface area contributed by atoms with Crippen molar-refractivity contribution >= 4 is 63.0 Å². The van der Waals surface area contributed by atoms with E-state index >= 15 is 0 Å². The lowest BCUT2D eigenvalue weighted by atomic mass is 9.87. The van der Waals surface area contributed by atoms with Crippen LogP contribution in [0.15, 0.2) is 170 Å². The molecule has 2 heterocycles. The van der Waals surface area contributed by atoms with Crippen LogP contribution in [0.3, 0.4) is 0 Å². The second-order valence-corrected chi connectivity index (χ2v) is 17.1. The summed E-state index contributed by atoms with van der Waals surface area (Å²) in [7, 11) is 0. The molecule has 0 saturated heterocycles. The van der Waals surface area contributed by atoms with Crippen LogP contribution < -0.4 is 0 Å². The summed E-state index contributed by atoms with van der Waals surface area (Å²) in [6.45, 7) is 4.59. The van der Waals surface area contributed by atoms with E-state index in [-0.39, 0.29) is 0 Å². The summed E-state index contributed by atoms with van der Waals surface area (Å²) < 4.78 is 5.40. The van der Waals surface area contributed by atoms with Crippen molar-refractivity contribution < 1.29 is 0 Å². The second kappa shape index (κ2) is 14.7. The number of hydrogen-bond donors (Lipinski definition) is 0. The van der Waals surface area contributed by atoms with Gasteiger partial charge in [-0.05, 0) is 116 Å². The molecule has 0 bridgehead atoms. The first-order valence-corrected chi connectivity index (χ1v) is 21.6. The maximum absolute atomic E-state index is 2.41. The lowest BCUT2D eigenvalue weighted by Gasteiger charge is -2.17. The third-order valence-corrected chi connectivity index (χ3v) is 13.7. The molecule has 0 aliphatic heterocycles. The van der Waals surface area contributed by atoms with E-state index in [9.17, 15) is 0 Å². The minimum atomic E-state index is 1.03. The Bertz CT molecular complexity index is 2850. The average molecular weight is 755 g/mol. The lowest BCUT2D eigenvalue weighted by Crippen LogP contribution is -1.95. The first kappa shape index (κ1) is 34.7. The number of fused-ring (bicyclic) bond motifs is 6. The van der Waals surface area contributed by atoms with Gasteiger partial charge in [0.15, 0.2) is 0 Å². The zero-order valence-electron chi connectivity index (χ0n) is 31.8. The maximum Gasteiger partial charge on any atom is 0.0361 e. The molecule has 10 aromatic rings. The summed E-state index contributed by atoms with van der Waals surface area (Å²) >= 11 is 3.79. The molecule has 0 aliphatic rings. The predicted molar refractivity (Wildman–Crippen MR) is 247 cm³/mol. The van der Waals surface area contributed by atoms with E-state index in [4.69, 9.17) is 0 Å². The van der Waals surface area contributed by atoms with Crippen LogP contribution >= 0.6 is 22.7 Å². The number of thiophene rings is 2. The van der Waals surface area contributed by atoms with Gasteiger partial charge in [-0.25, -0.2) is 0 Å². The Kier molecular flexibility index (Phi) is 9.10. The van der Waals surface area contributed by atoms with Gasteiger partial charge in [0, 0.05) is 40.3 Å². The highest BCUT2D eigenvalue weighted by Gasteiger charge is 2.16. The highest BCUT2D eigenvalue weighted by molar-refractivity contribution is 7.26. The van der Waals surface area contributed by atoms with Gasteiger partial charge < -0.3 is 0 Å². The van der Waals surface area contributed by atoms with Gasteiger partial charge in [-0.2, -0.15) is 0 Å². The molecule has 2 heteroatoms. The highest BCUT2D eigenvalue weighted by atomic mass is 32.1. The fraction of sp³-hybridized carbons (Fsp3) is 0.111. The second-order valence-electron chi connectivity index (χ2n) is 14.9. The molecule has 0 spiro atoms. The van der Waals surface area contributed by atoms with Gasteiger partial charge in [0.1, 0.15) is 0 Å². The molecule has 8 aromatic carbocycles. The molecule has 0 fully saturated rings. The fourth-order valence-corrected chi connectivity index (χ4v) is 11.1. The molecule has 0 radical (unpaired) electrons. The van der Waals surface area contributed by atoms with E-state index in [0.717, 1.165) is 25.7 Å². The number of benzene rings is 8. The van der Waals surface area contributed by atoms with Crippen molar-refractivity contribution in [3.63, 3.8) is 0 Å². The molecular formula is C54H42S2. The SMILES string of the molecule is CCCc1c(-c2cccc(-c3cccc(-c4cccc(-c5ccc6c(c5)sc5ccccc56)c4CCC)c3)c2)cccc1-c1ccc2c(c1)sc1ccccc12. The Hall–Kier alpha value is -5.80. The van der Waals surface area contributed by atoms with E-state index in [1.165, 1.54) is 107 Å². The summed E-state index contributed by atoms with van der Waals surface area (Å²) in [5.41, 5.74) is 15.8. The molecule has 0 N–H and O–H groups in total. The van der Waals surface area contributed by atoms with Crippen molar-refractivity contribution in [1.29, 1.82) is 0 Å². The van der Waals surface area contributed by atoms with Crippen molar-refractivity contribution in [3.05, 3.63) is 181 Å². The quantitative estimate of drug-likeness (QED) is 0.138. The minimum absolute atomic E-state index is 1.03. The van der Waals surface area contributed by atoms with Gasteiger partial charge in [0.2, 0.25) is 0 Å². The Labute approximate surface area is 337 Å². The van der Waals surface area contributed by atoms with E-state index < -0.39 is 0 Å². The van der Waals surface area contributed by atoms with Crippen molar-refractivity contribution in [2.45, 2.75) is 39.5 Å². The van der Waals surface area contributed by atoms with Crippen molar-refractivity contribution in [3.8, 4) is 55.6 Å². The zero-order valence-corrected chi connectivity index (χ0v) is 33.4. The van der Waals surface area contributed by atoms with Gasteiger partial charge in [0.25, 0.3) is 0 Å². The largest absolute Gasteiger partial charge is 0.135 e. The molecule has 10 rings (SSSR count). The summed E-state index contributed by atoms with van der Waals surface area (Å²) in [5.74, 6) is 0. The molecule has 0 nitrogen and oxygen atoms in total. The Morgan fingerprint density at radius 3 is 1.09 bits per heavy atom. The molecule has 0 amide bonds. The standard InChI is InChI=1S/C54H42S2/c1-3-13-45-41(21-11-23-43(45)39-27-29-49-47-19-5-7-25-51(47)55-53(49)33-39)37-17-9-15-35(31-37)36-16-10-18-38(32-36)42-22-12-24-44(46(42)14-4-2)40-28-30-50-48-20-6-8-26-52(48)56-54(50)34-40/h5-12,15-34H,3-4,13-14H2,1-2H3. The topological polar surface area (TPSA) is 0 Å². The smallest absolute Gasteiger partial charge is 0.0361 e. The highest BCUT2D eigenvalue weighted by Crippen LogP contribution is 2.42. The Morgan fingerprint density at radius 1 is 0.304 bits per heavy atom. The average Bonchev–Trinajstić information content (AvgIpc) is 3.82. The van der Waals surface area contributed by atoms with E-state index in [1.54, 1.807) is 0 Å². The van der Waals surface area contributed by atoms with Crippen LogP contribution in [0, 0.1) is 0 Å². The summed E-state index contributed by atoms with van der Waals surface area (Å²) in [6, 6.07) is 63.8. The molecule has 0 atom stereocenters. The van der Waals surface area contributed by atoms with E-state index in [2.05, 4.69) is 184 Å². The van der Waals surface area contributed by atoms with Crippen LogP contribution in [0.1, 0.15) is 37.8 Å². The fourth-order valence-electron chi connectivity index (χ4n) is 8.81. The van der Waals surface area contributed by atoms with Crippen LogP contribution in [0.4, 0.5) is 0 Å². The van der Waals surface area contributed by atoms with Crippen LogP contribution in [0.25, 0.3) is 96.0 Å². The van der Waals surface area contributed by atoms with Crippen LogP contribution in [0.5, 0.6) is 0 Å². The number of rotatable bonds is 9. The Morgan fingerprint density at radius 2 is 0.661 bits per heavy atom. The van der Waals surface area contributed by atoms with Crippen LogP contribution in [0.2, 0.25) is 0 Å². The maximum atomic E-state index is 2.41. The van der Waals surface area contributed by atoms with Crippen LogP contribution in [-0.4, -0.2) is 0 Å². The summed E-state index contributed by atoms with van der Waals surface area (Å²) in [4.78, 5) is 0. The van der Waals surface area contributed by atoms with Gasteiger partial charge in [0.05, 0.1) is 0 Å². The third kappa shape index (κ3) is 6.14. The molecule has 0 aliphatic carbocycles. The van der Waals surface area contributed by atoms with Crippen molar-refractivity contribution in [2.75, 3.05) is 0 Å². The van der Waals surface area contributed by atoms with Crippen LogP contribution in [-0.2, 0) is 12.8 Å². The molecule has 2 aromatic heterocycles. The monoisotopic (exact) mass is 754 g/mol. The first-order chi connectivity index (χ1) is 27.7. The molecule has 56 heavy (non-hydrogen) atoms. The normalized spacial score (nSPS) is 11.7. The lowest BCUT2D eigenvalue weighted by molar-refractivity contribution is 0.925. The summed E-state index contributed by atoms with van der Waals surface area (Å²) in [5, 5.41) is 5.39. The molecule has 0 saturated carbocycles. The minimum Gasteiger partial charge on any atom is -0.135 e. The predicted octanol–water partition coefficient (Wildman–Crippen LogP) is 16.7. The van der Waals surface area contributed by atoms with Gasteiger partial charge in [-0.1, -0.05) is 160 Å². The third-order valence-electron chi connectivity index (χ3n) is 11.4. The van der Waals surface area contributed by atoms with Crippen molar-refractivity contribution in [2.24, 2.45) is 0 Å². The first-order valence-electron chi connectivity index (χ1n) is 19.9. The molecular weight excluding hydrogens is 713 g/mol. The summed E-state index contributed by atoms with van der Waals surface area (Å²) in [6.07, 6.45) is 4.24.